The lowest BCUT2D eigenvalue weighted by Crippen LogP contribution is -2.37. The molecule has 21 heavy (non-hydrogen) atoms. The van der Waals surface area contributed by atoms with E-state index < -0.39 is 0 Å². The Morgan fingerprint density at radius 1 is 1.33 bits per heavy atom. The first kappa shape index (κ1) is 18.0. The SMILES string of the molecule is Cl.Cl.O=C(NC1CCNC1)c1cccnc1N1CCCC1. The maximum absolute atomic E-state index is 12.4. The maximum atomic E-state index is 12.4. The summed E-state index contributed by atoms with van der Waals surface area (Å²) >= 11 is 0. The van der Waals surface area contributed by atoms with Crippen LogP contribution in [0.5, 0.6) is 0 Å². The first-order valence-electron chi connectivity index (χ1n) is 7.06. The molecule has 5 nitrogen and oxygen atoms in total. The monoisotopic (exact) mass is 332 g/mol. The highest BCUT2D eigenvalue weighted by molar-refractivity contribution is 5.99. The summed E-state index contributed by atoms with van der Waals surface area (Å²) in [6.07, 6.45) is 5.14. The minimum absolute atomic E-state index is 0. The van der Waals surface area contributed by atoms with E-state index in [4.69, 9.17) is 0 Å². The van der Waals surface area contributed by atoms with Crippen molar-refractivity contribution in [1.82, 2.24) is 15.6 Å². The third-order valence-electron chi connectivity index (χ3n) is 3.83. The van der Waals surface area contributed by atoms with Gasteiger partial charge in [-0.3, -0.25) is 4.79 Å². The van der Waals surface area contributed by atoms with Crippen molar-refractivity contribution in [2.45, 2.75) is 25.3 Å². The third-order valence-corrected chi connectivity index (χ3v) is 3.83. The molecule has 118 valence electrons. The van der Waals surface area contributed by atoms with Gasteiger partial charge >= 0.3 is 0 Å². The first-order valence-corrected chi connectivity index (χ1v) is 7.06. The van der Waals surface area contributed by atoms with Crippen LogP contribution in [0, 0.1) is 0 Å². The summed E-state index contributed by atoms with van der Waals surface area (Å²) in [5.74, 6) is 0.840. The molecule has 2 aliphatic heterocycles. The van der Waals surface area contributed by atoms with E-state index in [-0.39, 0.29) is 36.8 Å². The fourth-order valence-corrected chi connectivity index (χ4v) is 2.80. The zero-order chi connectivity index (χ0) is 13.1. The number of carbonyl (C=O) groups is 1. The summed E-state index contributed by atoms with van der Waals surface area (Å²) in [4.78, 5) is 19.0. The Labute approximate surface area is 137 Å². The lowest BCUT2D eigenvalue weighted by atomic mass is 10.2. The van der Waals surface area contributed by atoms with E-state index in [1.165, 1.54) is 12.8 Å². The van der Waals surface area contributed by atoms with Gasteiger partial charge in [0.2, 0.25) is 0 Å². The summed E-state index contributed by atoms with van der Waals surface area (Å²) in [7, 11) is 0. The topological polar surface area (TPSA) is 57.3 Å². The molecule has 7 heteroatoms. The van der Waals surface area contributed by atoms with Crippen molar-refractivity contribution in [2.75, 3.05) is 31.1 Å². The van der Waals surface area contributed by atoms with E-state index >= 15 is 0 Å². The summed E-state index contributed by atoms with van der Waals surface area (Å²) in [6, 6.07) is 3.96. The number of rotatable bonds is 3. The molecule has 0 aromatic carbocycles. The fraction of sp³-hybridized carbons (Fsp3) is 0.571. The maximum Gasteiger partial charge on any atom is 0.255 e. The van der Waals surface area contributed by atoms with Gasteiger partial charge in [-0.25, -0.2) is 4.98 Å². The Hall–Kier alpha value is -1.04. The van der Waals surface area contributed by atoms with Gasteiger partial charge in [0.05, 0.1) is 5.56 Å². The van der Waals surface area contributed by atoms with E-state index in [2.05, 4.69) is 20.5 Å². The minimum Gasteiger partial charge on any atom is -0.356 e. The number of halogens is 2. The number of carbonyl (C=O) groups excluding carboxylic acids is 1. The standard InChI is InChI=1S/C14H20N4O.2ClH/c19-14(17-11-5-7-15-10-11)12-4-3-6-16-13(12)18-8-1-2-9-18;;/h3-4,6,11,15H,1-2,5,7-10H2,(H,17,19);2*1H. The quantitative estimate of drug-likeness (QED) is 0.883. The summed E-state index contributed by atoms with van der Waals surface area (Å²) in [5.41, 5.74) is 0.705. The van der Waals surface area contributed by atoms with Crippen LogP contribution in [0.3, 0.4) is 0 Å². The van der Waals surface area contributed by atoms with E-state index in [1.54, 1.807) is 6.20 Å². The predicted octanol–water partition coefficient (Wildman–Crippen LogP) is 1.62. The largest absolute Gasteiger partial charge is 0.356 e. The second kappa shape index (κ2) is 8.41. The molecule has 1 unspecified atom stereocenters. The van der Waals surface area contributed by atoms with Gasteiger partial charge in [0.1, 0.15) is 5.82 Å². The average Bonchev–Trinajstić information content (AvgIpc) is 3.11. The molecule has 1 aromatic heterocycles. The lowest BCUT2D eigenvalue weighted by molar-refractivity contribution is 0.0940. The highest BCUT2D eigenvalue weighted by atomic mass is 35.5. The van der Waals surface area contributed by atoms with Crippen molar-refractivity contribution < 1.29 is 4.79 Å². The second-order valence-corrected chi connectivity index (χ2v) is 5.23. The Morgan fingerprint density at radius 3 is 2.76 bits per heavy atom. The smallest absolute Gasteiger partial charge is 0.255 e. The first-order chi connectivity index (χ1) is 9.34. The molecule has 0 saturated carbocycles. The van der Waals surface area contributed by atoms with Gasteiger partial charge < -0.3 is 15.5 Å². The van der Waals surface area contributed by atoms with E-state index in [0.29, 0.717) is 5.56 Å². The summed E-state index contributed by atoms with van der Waals surface area (Å²) < 4.78 is 0. The number of anilines is 1. The molecule has 3 heterocycles. The van der Waals surface area contributed by atoms with E-state index in [9.17, 15) is 4.79 Å². The Bertz CT molecular complexity index is 460. The average molecular weight is 333 g/mol. The van der Waals surface area contributed by atoms with Gasteiger partial charge in [-0.15, -0.1) is 24.8 Å². The molecule has 0 aliphatic carbocycles. The Kier molecular flexibility index (Phi) is 7.22. The molecule has 2 N–H and O–H groups in total. The number of pyridine rings is 1. The van der Waals surface area contributed by atoms with Gasteiger partial charge in [-0.2, -0.15) is 0 Å². The van der Waals surface area contributed by atoms with Crippen LogP contribution in [-0.2, 0) is 0 Å². The highest BCUT2D eigenvalue weighted by Crippen LogP contribution is 2.22. The Balaban J connectivity index is 0.00000110. The van der Waals surface area contributed by atoms with Gasteiger partial charge in [-0.1, -0.05) is 0 Å². The van der Waals surface area contributed by atoms with Gasteiger partial charge in [0.15, 0.2) is 0 Å². The van der Waals surface area contributed by atoms with Crippen LogP contribution in [0.25, 0.3) is 0 Å². The number of nitrogens with one attached hydrogen (secondary N) is 2. The van der Waals surface area contributed by atoms with Crippen LogP contribution in [-0.4, -0.2) is 43.1 Å². The number of hydrogen-bond acceptors (Lipinski definition) is 4. The van der Waals surface area contributed by atoms with Crippen LogP contribution >= 0.6 is 24.8 Å². The van der Waals surface area contributed by atoms with E-state index in [1.807, 2.05) is 12.1 Å². The Morgan fingerprint density at radius 2 is 2.10 bits per heavy atom. The lowest BCUT2D eigenvalue weighted by Gasteiger charge is -2.20. The summed E-state index contributed by atoms with van der Waals surface area (Å²) in [6.45, 7) is 3.85. The van der Waals surface area contributed by atoms with Crippen molar-refractivity contribution >= 4 is 36.5 Å². The van der Waals surface area contributed by atoms with Crippen LogP contribution in [0.2, 0.25) is 0 Å². The minimum atomic E-state index is 0. The van der Waals surface area contributed by atoms with Crippen molar-refractivity contribution in [3.8, 4) is 0 Å². The van der Waals surface area contributed by atoms with Crippen molar-refractivity contribution in [1.29, 1.82) is 0 Å². The van der Waals surface area contributed by atoms with Crippen molar-refractivity contribution in [3.05, 3.63) is 23.9 Å². The number of nitrogens with zero attached hydrogens (tertiary/aromatic N) is 2. The third kappa shape index (κ3) is 4.22. The molecule has 1 aromatic rings. The van der Waals surface area contributed by atoms with E-state index in [0.717, 1.165) is 38.4 Å². The van der Waals surface area contributed by atoms with Crippen molar-refractivity contribution in [3.63, 3.8) is 0 Å². The second-order valence-electron chi connectivity index (χ2n) is 5.23. The molecule has 0 radical (unpaired) electrons. The molecule has 0 spiro atoms. The van der Waals surface area contributed by atoms with Crippen LogP contribution in [0.15, 0.2) is 18.3 Å². The van der Waals surface area contributed by atoms with Crippen LogP contribution in [0.4, 0.5) is 5.82 Å². The normalized spacial score (nSPS) is 20.6. The zero-order valence-corrected chi connectivity index (χ0v) is 13.5. The number of aromatic nitrogens is 1. The highest BCUT2D eigenvalue weighted by Gasteiger charge is 2.23. The molecule has 2 fully saturated rings. The molecular weight excluding hydrogens is 311 g/mol. The van der Waals surface area contributed by atoms with Crippen molar-refractivity contribution in [2.24, 2.45) is 0 Å². The molecular formula is C14H22Cl2N4O. The molecule has 2 saturated heterocycles. The molecule has 0 bridgehead atoms. The number of amides is 1. The molecule has 1 amide bonds. The zero-order valence-electron chi connectivity index (χ0n) is 11.9. The van der Waals surface area contributed by atoms with Crippen LogP contribution < -0.4 is 15.5 Å². The fourth-order valence-electron chi connectivity index (χ4n) is 2.80. The van der Waals surface area contributed by atoms with Crippen LogP contribution in [0.1, 0.15) is 29.6 Å². The summed E-state index contributed by atoms with van der Waals surface area (Å²) in [5, 5.41) is 6.35. The molecule has 3 rings (SSSR count). The predicted molar refractivity (Wildman–Crippen MR) is 88.9 cm³/mol. The van der Waals surface area contributed by atoms with Gasteiger partial charge in [-0.05, 0) is 37.9 Å². The molecule has 2 aliphatic rings. The number of hydrogen-bond donors (Lipinski definition) is 2. The van der Waals surface area contributed by atoms with Gasteiger partial charge in [0, 0.05) is 31.9 Å². The molecule has 1 atom stereocenters. The van der Waals surface area contributed by atoms with Gasteiger partial charge in [0.25, 0.3) is 5.91 Å².